The van der Waals surface area contributed by atoms with Crippen molar-refractivity contribution in [2.75, 3.05) is 6.54 Å². The third-order valence-electron chi connectivity index (χ3n) is 6.00. The van der Waals surface area contributed by atoms with Gasteiger partial charge in [-0.25, -0.2) is 22.3 Å². The van der Waals surface area contributed by atoms with Gasteiger partial charge in [-0.05, 0) is 55.5 Å². The van der Waals surface area contributed by atoms with Gasteiger partial charge in [-0.1, -0.05) is 6.07 Å². The Labute approximate surface area is 182 Å². The second-order valence-corrected chi connectivity index (χ2v) is 9.86. The fourth-order valence-corrected chi connectivity index (χ4v) is 5.38. The minimum absolute atomic E-state index is 0.0248. The van der Waals surface area contributed by atoms with Crippen LogP contribution in [-0.2, 0) is 14.8 Å². The van der Waals surface area contributed by atoms with Crippen molar-refractivity contribution in [1.29, 1.82) is 0 Å². The van der Waals surface area contributed by atoms with Crippen LogP contribution < -0.4 is 15.4 Å². The fourth-order valence-electron chi connectivity index (χ4n) is 4.32. The first-order valence-electron chi connectivity index (χ1n) is 10.0. The molecule has 2 aromatic heterocycles. The number of rotatable bonds is 5. The Balaban J connectivity index is 1.27. The number of hydrogen-bond acceptors (Lipinski definition) is 6. The van der Waals surface area contributed by atoms with Crippen LogP contribution in [0.1, 0.15) is 19.3 Å². The molecule has 1 saturated carbocycles. The van der Waals surface area contributed by atoms with Gasteiger partial charge in [0, 0.05) is 12.7 Å². The number of hydrogen-bond donors (Lipinski definition) is 3. The van der Waals surface area contributed by atoms with Crippen LogP contribution in [0.25, 0.3) is 22.4 Å². The largest absolute Gasteiger partial charge is 0.454 e. The lowest BCUT2D eigenvalue weighted by molar-refractivity contribution is -0.123. The number of nitrogens with zero attached hydrogens (tertiary/aromatic N) is 1. The van der Waals surface area contributed by atoms with E-state index in [1.807, 2.05) is 0 Å². The molecule has 1 aliphatic heterocycles. The minimum atomic E-state index is -3.83. The Kier molecular flexibility index (Phi) is 4.75. The van der Waals surface area contributed by atoms with Gasteiger partial charge in [-0.3, -0.25) is 15.1 Å². The molecule has 11 heteroatoms. The summed E-state index contributed by atoms with van der Waals surface area (Å²) in [5.41, 5.74) is -0.190. The van der Waals surface area contributed by atoms with E-state index in [0.717, 1.165) is 0 Å². The van der Waals surface area contributed by atoms with E-state index in [0.29, 0.717) is 41.7 Å². The zero-order valence-corrected chi connectivity index (χ0v) is 17.5. The second kappa shape index (κ2) is 7.38. The Bertz CT molecular complexity index is 1340. The summed E-state index contributed by atoms with van der Waals surface area (Å²) in [6.45, 7) is 0.137. The summed E-state index contributed by atoms with van der Waals surface area (Å²) in [5.74, 6) is -0.538. The van der Waals surface area contributed by atoms with Gasteiger partial charge in [-0.15, -0.1) is 0 Å². The zero-order chi connectivity index (χ0) is 22.5. The van der Waals surface area contributed by atoms with E-state index >= 15 is 0 Å². The number of carbonyl (C=O) groups excluding carboxylic acids is 2. The first kappa shape index (κ1) is 20.6. The molecule has 32 heavy (non-hydrogen) atoms. The highest BCUT2D eigenvalue weighted by molar-refractivity contribution is 7.89. The molecule has 2 fully saturated rings. The van der Waals surface area contributed by atoms with Crippen molar-refractivity contribution in [2.45, 2.75) is 29.7 Å². The van der Waals surface area contributed by atoms with Crippen molar-refractivity contribution in [3.8, 4) is 11.5 Å². The molecule has 3 aromatic rings. The predicted octanol–water partition coefficient (Wildman–Crippen LogP) is 2.29. The first-order valence-corrected chi connectivity index (χ1v) is 11.5. The fraction of sp³-hybridized carbons (Fsp3) is 0.286. The molecule has 3 heterocycles. The maximum absolute atomic E-state index is 13.9. The van der Waals surface area contributed by atoms with Crippen molar-refractivity contribution >= 4 is 32.9 Å². The Morgan fingerprint density at radius 3 is 2.78 bits per heavy atom. The zero-order valence-electron chi connectivity index (χ0n) is 16.7. The summed E-state index contributed by atoms with van der Waals surface area (Å²) in [5, 5.41) is 5.21. The quantitative estimate of drug-likeness (QED) is 0.503. The topological polar surface area (TPSA) is 130 Å². The summed E-state index contributed by atoms with van der Waals surface area (Å²) in [6, 6.07) is 8.40. The van der Waals surface area contributed by atoms with E-state index in [9.17, 15) is 22.4 Å². The number of nitrogens with one attached hydrogen (secondary N) is 3. The predicted molar refractivity (Wildman–Crippen MR) is 111 cm³/mol. The van der Waals surface area contributed by atoms with Crippen LogP contribution in [0, 0.1) is 11.7 Å². The standard InChI is InChI=1S/C21H19FN4O5S/c22-15-2-1-3-17-14(15)8-18(31-17)16-5-4-13(11-23-16)32(29,30)24-10-12-6-7-21(9-12)19(27)25-20(28)26-21/h1-5,8,11-12,24H,6-7,9-10H2,(H2,25,26,27,28). The highest BCUT2D eigenvalue weighted by Crippen LogP contribution is 2.36. The van der Waals surface area contributed by atoms with Crippen molar-refractivity contribution in [1.82, 2.24) is 20.3 Å². The summed E-state index contributed by atoms with van der Waals surface area (Å²) < 4.78 is 47.4. The van der Waals surface area contributed by atoms with Gasteiger partial charge in [0.1, 0.15) is 27.5 Å². The SMILES string of the molecule is O=C1NC(=O)C2(CCC(CNS(=O)(=O)c3ccc(-c4cc5c(F)cccc5o4)nc3)C2)N1. The molecular formula is C21H19FN4O5S. The number of furan rings is 1. The molecule has 1 aliphatic carbocycles. The van der Waals surface area contributed by atoms with Gasteiger partial charge in [0.25, 0.3) is 5.91 Å². The summed E-state index contributed by atoms with van der Waals surface area (Å²) in [4.78, 5) is 27.6. The molecule has 2 aliphatic rings. The molecule has 1 saturated heterocycles. The third-order valence-corrected chi connectivity index (χ3v) is 7.41. The number of sulfonamides is 1. The lowest BCUT2D eigenvalue weighted by atomic mass is 9.96. The van der Waals surface area contributed by atoms with E-state index in [-0.39, 0.29) is 23.3 Å². The van der Waals surface area contributed by atoms with Crippen molar-refractivity contribution < 1.29 is 26.8 Å². The molecule has 2 atom stereocenters. The summed E-state index contributed by atoms with van der Waals surface area (Å²) in [7, 11) is -3.83. The van der Waals surface area contributed by atoms with Crippen molar-refractivity contribution in [3.63, 3.8) is 0 Å². The molecule has 3 N–H and O–H groups in total. The number of halogens is 1. The van der Waals surface area contributed by atoms with Crippen LogP contribution in [0.3, 0.4) is 0 Å². The Morgan fingerprint density at radius 2 is 2.09 bits per heavy atom. The number of carbonyl (C=O) groups is 2. The monoisotopic (exact) mass is 458 g/mol. The lowest BCUT2D eigenvalue weighted by Crippen LogP contribution is -2.44. The number of benzene rings is 1. The normalized spacial score (nSPS) is 23.1. The number of imide groups is 1. The molecule has 1 aromatic carbocycles. The molecular weight excluding hydrogens is 439 g/mol. The van der Waals surface area contributed by atoms with E-state index in [1.165, 1.54) is 30.5 Å². The second-order valence-electron chi connectivity index (χ2n) is 8.09. The van der Waals surface area contributed by atoms with Crippen LogP contribution in [0.2, 0.25) is 0 Å². The molecule has 1 spiro atoms. The van der Waals surface area contributed by atoms with Crippen molar-refractivity contribution in [2.24, 2.45) is 5.92 Å². The maximum atomic E-state index is 13.9. The highest BCUT2D eigenvalue weighted by Gasteiger charge is 2.50. The number of urea groups is 1. The number of amides is 3. The molecule has 5 rings (SSSR count). The Morgan fingerprint density at radius 1 is 1.25 bits per heavy atom. The van der Waals surface area contributed by atoms with Crippen LogP contribution >= 0.6 is 0 Å². The summed E-state index contributed by atoms with van der Waals surface area (Å²) >= 11 is 0. The minimum Gasteiger partial charge on any atom is -0.454 e. The van der Waals surface area contributed by atoms with Gasteiger partial charge < -0.3 is 9.73 Å². The van der Waals surface area contributed by atoms with E-state index < -0.39 is 27.4 Å². The van der Waals surface area contributed by atoms with Gasteiger partial charge in [-0.2, -0.15) is 0 Å². The number of pyridine rings is 1. The number of aromatic nitrogens is 1. The van der Waals surface area contributed by atoms with Crippen molar-refractivity contribution in [3.05, 3.63) is 48.4 Å². The molecule has 9 nitrogen and oxygen atoms in total. The Hall–Kier alpha value is -3.31. The number of fused-ring (bicyclic) bond motifs is 1. The van der Waals surface area contributed by atoms with Crippen LogP contribution in [0.5, 0.6) is 0 Å². The van der Waals surface area contributed by atoms with E-state index in [2.05, 4.69) is 20.3 Å². The van der Waals surface area contributed by atoms with Crippen LogP contribution in [0.4, 0.5) is 9.18 Å². The summed E-state index contributed by atoms with van der Waals surface area (Å²) in [6.07, 6.45) is 2.65. The van der Waals surface area contributed by atoms with E-state index in [4.69, 9.17) is 4.42 Å². The lowest BCUT2D eigenvalue weighted by Gasteiger charge is -2.19. The van der Waals surface area contributed by atoms with Gasteiger partial charge in [0.2, 0.25) is 10.0 Å². The van der Waals surface area contributed by atoms with Crippen LogP contribution in [-0.4, -0.2) is 37.4 Å². The maximum Gasteiger partial charge on any atom is 0.322 e. The van der Waals surface area contributed by atoms with E-state index in [1.54, 1.807) is 12.1 Å². The van der Waals surface area contributed by atoms with Gasteiger partial charge in [0.05, 0.1) is 5.39 Å². The molecule has 166 valence electrons. The first-order chi connectivity index (χ1) is 15.3. The smallest absolute Gasteiger partial charge is 0.322 e. The molecule has 0 radical (unpaired) electrons. The average molecular weight is 458 g/mol. The van der Waals surface area contributed by atoms with Crippen LogP contribution in [0.15, 0.2) is 51.9 Å². The molecule has 3 amide bonds. The third kappa shape index (κ3) is 3.53. The average Bonchev–Trinajstić information content (AvgIpc) is 3.45. The molecule has 2 unspecified atom stereocenters. The van der Waals surface area contributed by atoms with Gasteiger partial charge in [0.15, 0.2) is 5.76 Å². The van der Waals surface area contributed by atoms with Gasteiger partial charge >= 0.3 is 6.03 Å². The highest BCUT2D eigenvalue weighted by atomic mass is 32.2. The molecule has 0 bridgehead atoms.